The molecule has 0 aliphatic rings. The Morgan fingerprint density at radius 3 is 2.94 bits per heavy atom. The fraction of sp³-hybridized carbons (Fsp3) is 0.0909. The minimum atomic E-state index is -0.460. The van der Waals surface area contributed by atoms with Crippen molar-refractivity contribution < 1.29 is 9.18 Å². The molecule has 0 aliphatic carbocycles. The van der Waals surface area contributed by atoms with Crippen LogP contribution < -0.4 is 11.1 Å². The van der Waals surface area contributed by atoms with Crippen LogP contribution in [0, 0.1) is 5.82 Å². The van der Waals surface area contributed by atoms with Crippen LogP contribution in [0.3, 0.4) is 0 Å². The summed E-state index contributed by atoms with van der Waals surface area (Å²) in [5.41, 5.74) is 6.29. The van der Waals surface area contributed by atoms with Crippen LogP contribution in [0.25, 0.3) is 0 Å². The molecular formula is C11H10ClFN4O. The molecule has 0 fully saturated rings. The Bertz CT molecular complexity index is 584. The molecule has 0 aliphatic heterocycles. The van der Waals surface area contributed by atoms with E-state index in [1.165, 1.54) is 29.2 Å². The van der Waals surface area contributed by atoms with E-state index in [1.807, 2.05) is 0 Å². The molecule has 1 aromatic carbocycles. The van der Waals surface area contributed by atoms with E-state index in [-0.39, 0.29) is 17.5 Å². The second kappa shape index (κ2) is 5.05. The Morgan fingerprint density at radius 2 is 2.33 bits per heavy atom. The van der Waals surface area contributed by atoms with Crippen LogP contribution in [0.15, 0.2) is 30.6 Å². The zero-order valence-electron chi connectivity index (χ0n) is 9.23. The van der Waals surface area contributed by atoms with E-state index in [4.69, 9.17) is 17.3 Å². The number of nitrogens with two attached hydrogens (primary N) is 1. The van der Waals surface area contributed by atoms with E-state index in [9.17, 15) is 9.18 Å². The summed E-state index contributed by atoms with van der Waals surface area (Å²) < 4.78 is 14.2. The zero-order chi connectivity index (χ0) is 13.1. The highest BCUT2D eigenvalue weighted by Gasteiger charge is 2.08. The predicted octanol–water partition coefficient (Wildman–Crippen LogP) is 1.90. The first-order valence-electron chi connectivity index (χ1n) is 5.07. The predicted molar refractivity (Wildman–Crippen MR) is 66.7 cm³/mol. The first-order valence-corrected chi connectivity index (χ1v) is 5.45. The van der Waals surface area contributed by atoms with Crippen molar-refractivity contribution in [1.29, 1.82) is 0 Å². The summed E-state index contributed by atoms with van der Waals surface area (Å²) in [6, 6.07) is 3.74. The number of amides is 1. The average Bonchev–Trinajstić information content (AvgIpc) is 2.68. The number of hydrogen-bond acceptors (Lipinski definition) is 3. The Morgan fingerprint density at radius 1 is 1.56 bits per heavy atom. The first kappa shape index (κ1) is 12.4. The van der Waals surface area contributed by atoms with Crippen molar-refractivity contribution >= 4 is 28.9 Å². The van der Waals surface area contributed by atoms with E-state index in [1.54, 1.807) is 0 Å². The molecule has 2 aromatic rings. The van der Waals surface area contributed by atoms with Crippen molar-refractivity contribution in [3.8, 4) is 0 Å². The van der Waals surface area contributed by atoms with E-state index >= 15 is 0 Å². The molecule has 0 saturated heterocycles. The quantitative estimate of drug-likeness (QED) is 0.893. The number of carbonyl (C=O) groups is 1. The maximum atomic E-state index is 12.8. The molecule has 0 spiro atoms. The lowest BCUT2D eigenvalue weighted by Crippen LogP contribution is -2.19. The maximum Gasteiger partial charge on any atom is 0.246 e. The lowest BCUT2D eigenvalue weighted by atomic mass is 10.3. The number of carbonyl (C=O) groups excluding carboxylic acids is 1. The van der Waals surface area contributed by atoms with Gasteiger partial charge < -0.3 is 11.1 Å². The van der Waals surface area contributed by atoms with E-state index in [2.05, 4.69) is 10.4 Å². The van der Waals surface area contributed by atoms with Gasteiger partial charge in [0.25, 0.3) is 0 Å². The normalized spacial score (nSPS) is 10.3. The van der Waals surface area contributed by atoms with Gasteiger partial charge in [0.05, 0.1) is 22.6 Å². The van der Waals surface area contributed by atoms with Crippen LogP contribution in [0.4, 0.5) is 15.8 Å². The van der Waals surface area contributed by atoms with E-state index in [0.29, 0.717) is 11.4 Å². The van der Waals surface area contributed by atoms with E-state index in [0.717, 1.165) is 6.07 Å². The molecule has 0 atom stereocenters. The molecule has 18 heavy (non-hydrogen) atoms. The van der Waals surface area contributed by atoms with Gasteiger partial charge in [0.1, 0.15) is 12.4 Å². The van der Waals surface area contributed by atoms with Gasteiger partial charge in [-0.2, -0.15) is 5.10 Å². The topological polar surface area (TPSA) is 72.9 Å². The smallest absolute Gasteiger partial charge is 0.246 e. The molecule has 94 valence electrons. The van der Waals surface area contributed by atoms with Gasteiger partial charge in [-0.05, 0) is 18.2 Å². The third-order valence-corrected chi connectivity index (χ3v) is 2.48. The third kappa shape index (κ3) is 2.98. The fourth-order valence-electron chi connectivity index (χ4n) is 1.39. The van der Waals surface area contributed by atoms with Crippen molar-refractivity contribution in [3.63, 3.8) is 0 Å². The van der Waals surface area contributed by atoms with Crippen LogP contribution in [-0.4, -0.2) is 15.7 Å². The van der Waals surface area contributed by atoms with Crippen LogP contribution in [0.1, 0.15) is 0 Å². The lowest BCUT2D eigenvalue weighted by Gasteiger charge is -2.07. The second-order valence-electron chi connectivity index (χ2n) is 3.64. The number of rotatable bonds is 3. The highest BCUT2D eigenvalue weighted by Crippen LogP contribution is 2.22. The number of anilines is 2. The SMILES string of the molecule is Nc1cnn(CC(=O)Nc2ccc(F)cc2Cl)c1. The molecule has 0 saturated carbocycles. The Hall–Kier alpha value is -2.08. The van der Waals surface area contributed by atoms with Gasteiger partial charge in [-0.25, -0.2) is 4.39 Å². The van der Waals surface area contributed by atoms with Gasteiger partial charge in [-0.3, -0.25) is 9.48 Å². The third-order valence-electron chi connectivity index (χ3n) is 2.16. The summed E-state index contributed by atoms with van der Waals surface area (Å²) >= 11 is 5.78. The molecule has 2 rings (SSSR count). The summed E-state index contributed by atoms with van der Waals surface area (Å²) in [5.74, 6) is -0.788. The molecule has 0 radical (unpaired) electrons. The van der Waals surface area contributed by atoms with Gasteiger partial charge in [0, 0.05) is 6.20 Å². The molecule has 5 nitrogen and oxygen atoms in total. The number of aromatic nitrogens is 2. The van der Waals surface area contributed by atoms with E-state index < -0.39 is 5.82 Å². The summed E-state index contributed by atoms with van der Waals surface area (Å²) in [7, 11) is 0. The Kier molecular flexibility index (Phi) is 3.47. The lowest BCUT2D eigenvalue weighted by molar-refractivity contribution is -0.116. The molecule has 0 bridgehead atoms. The highest BCUT2D eigenvalue weighted by atomic mass is 35.5. The van der Waals surface area contributed by atoms with Crippen LogP contribution in [-0.2, 0) is 11.3 Å². The van der Waals surface area contributed by atoms with Crippen molar-refractivity contribution in [1.82, 2.24) is 9.78 Å². The summed E-state index contributed by atoms with van der Waals surface area (Å²) in [4.78, 5) is 11.7. The van der Waals surface area contributed by atoms with Crippen molar-refractivity contribution in [2.75, 3.05) is 11.1 Å². The van der Waals surface area contributed by atoms with Crippen LogP contribution in [0.5, 0.6) is 0 Å². The number of halogens is 2. The number of hydrogen-bond donors (Lipinski definition) is 2. The molecule has 1 heterocycles. The van der Waals surface area contributed by atoms with Crippen molar-refractivity contribution in [2.24, 2.45) is 0 Å². The molecule has 0 unspecified atom stereocenters. The number of nitrogens with one attached hydrogen (secondary N) is 1. The molecule has 7 heteroatoms. The summed E-state index contributed by atoms with van der Waals surface area (Å²) in [5, 5.41) is 6.57. The largest absolute Gasteiger partial charge is 0.396 e. The summed E-state index contributed by atoms with van der Waals surface area (Å²) in [6.07, 6.45) is 2.98. The second-order valence-corrected chi connectivity index (χ2v) is 4.05. The monoisotopic (exact) mass is 268 g/mol. The molecular weight excluding hydrogens is 259 g/mol. The maximum absolute atomic E-state index is 12.8. The van der Waals surface area contributed by atoms with Gasteiger partial charge >= 0.3 is 0 Å². The Labute approximate surface area is 107 Å². The van der Waals surface area contributed by atoms with Crippen molar-refractivity contribution in [3.05, 3.63) is 41.4 Å². The fourth-order valence-corrected chi connectivity index (χ4v) is 1.61. The number of nitrogen functional groups attached to an aromatic ring is 1. The van der Waals surface area contributed by atoms with Crippen LogP contribution in [0.2, 0.25) is 5.02 Å². The standard InChI is InChI=1S/C11H10ClFN4O/c12-9-3-7(13)1-2-10(9)16-11(18)6-17-5-8(14)4-15-17/h1-5H,6,14H2,(H,16,18). The first-order chi connectivity index (χ1) is 8.54. The molecule has 1 aromatic heterocycles. The minimum Gasteiger partial charge on any atom is -0.396 e. The van der Waals surface area contributed by atoms with Crippen LogP contribution >= 0.6 is 11.6 Å². The summed E-state index contributed by atoms with van der Waals surface area (Å²) in [6.45, 7) is 0.00487. The van der Waals surface area contributed by atoms with Gasteiger partial charge in [-0.1, -0.05) is 11.6 Å². The van der Waals surface area contributed by atoms with Gasteiger partial charge in [-0.15, -0.1) is 0 Å². The Balaban J connectivity index is 2.03. The molecule has 3 N–H and O–H groups in total. The minimum absolute atomic E-state index is 0.00487. The number of nitrogens with zero attached hydrogens (tertiary/aromatic N) is 2. The van der Waals surface area contributed by atoms with Crippen molar-refractivity contribution in [2.45, 2.75) is 6.54 Å². The number of benzene rings is 1. The van der Waals surface area contributed by atoms with Gasteiger partial charge in [0.2, 0.25) is 5.91 Å². The highest BCUT2D eigenvalue weighted by molar-refractivity contribution is 6.33. The average molecular weight is 269 g/mol. The van der Waals surface area contributed by atoms with Gasteiger partial charge in [0.15, 0.2) is 0 Å². The molecule has 1 amide bonds. The zero-order valence-corrected chi connectivity index (χ0v) is 9.99.